The summed E-state index contributed by atoms with van der Waals surface area (Å²) in [6, 6.07) is 6.09. The number of ether oxygens (including phenoxy) is 2. The molecule has 1 aliphatic heterocycles. The summed E-state index contributed by atoms with van der Waals surface area (Å²) in [6.07, 6.45) is 0.588. The van der Waals surface area contributed by atoms with Crippen LogP contribution in [0, 0.1) is 11.7 Å². The van der Waals surface area contributed by atoms with E-state index in [4.69, 9.17) is 9.47 Å². The van der Waals surface area contributed by atoms with Gasteiger partial charge in [0.25, 0.3) is 0 Å². The van der Waals surface area contributed by atoms with Gasteiger partial charge in [-0.15, -0.1) is 0 Å². The number of hydrogen-bond acceptors (Lipinski definition) is 3. The van der Waals surface area contributed by atoms with E-state index in [0.29, 0.717) is 25.4 Å². The van der Waals surface area contributed by atoms with E-state index in [2.05, 4.69) is 0 Å². The molecule has 0 N–H and O–H groups in total. The van der Waals surface area contributed by atoms with Crippen molar-refractivity contribution < 1.29 is 18.7 Å². The Balaban J connectivity index is 1.79. The van der Waals surface area contributed by atoms with E-state index in [1.54, 1.807) is 17.0 Å². The smallest absolute Gasteiger partial charge is 0.410 e. The maximum atomic E-state index is 13.0. The molecule has 5 heteroatoms. The summed E-state index contributed by atoms with van der Waals surface area (Å²) in [6.45, 7) is 7.32. The zero-order valence-corrected chi connectivity index (χ0v) is 12.8. The van der Waals surface area contributed by atoms with E-state index in [9.17, 15) is 9.18 Å². The third-order valence-electron chi connectivity index (χ3n) is 3.22. The molecule has 0 aliphatic carbocycles. The lowest BCUT2D eigenvalue weighted by molar-refractivity contribution is 0.0285. The highest BCUT2D eigenvalue weighted by Gasteiger charge is 2.30. The third-order valence-corrected chi connectivity index (χ3v) is 3.22. The SMILES string of the molecule is CC(C)(C)OC(=O)N1CC[C@@H](COc2cccc(F)c2)C1. The van der Waals surface area contributed by atoms with Crippen LogP contribution in [-0.4, -0.2) is 36.3 Å². The molecule has 1 heterocycles. The van der Waals surface area contributed by atoms with Crippen LogP contribution < -0.4 is 4.74 Å². The molecule has 21 heavy (non-hydrogen) atoms. The summed E-state index contributed by atoms with van der Waals surface area (Å²) in [5, 5.41) is 0. The number of hydrogen-bond donors (Lipinski definition) is 0. The lowest BCUT2D eigenvalue weighted by Gasteiger charge is -2.24. The van der Waals surface area contributed by atoms with Crippen molar-refractivity contribution in [2.24, 2.45) is 5.92 Å². The molecule has 1 aromatic rings. The Morgan fingerprint density at radius 3 is 2.86 bits per heavy atom. The molecule has 1 amide bonds. The van der Waals surface area contributed by atoms with E-state index in [1.165, 1.54) is 12.1 Å². The fourth-order valence-corrected chi connectivity index (χ4v) is 2.23. The van der Waals surface area contributed by atoms with Gasteiger partial charge in [0.1, 0.15) is 17.2 Å². The van der Waals surface area contributed by atoms with Crippen molar-refractivity contribution in [1.82, 2.24) is 4.90 Å². The monoisotopic (exact) mass is 295 g/mol. The zero-order valence-electron chi connectivity index (χ0n) is 12.8. The summed E-state index contributed by atoms with van der Waals surface area (Å²) < 4.78 is 24.0. The van der Waals surface area contributed by atoms with Gasteiger partial charge in [0.2, 0.25) is 0 Å². The number of nitrogens with zero attached hydrogens (tertiary/aromatic N) is 1. The van der Waals surface area contributed by atoms with Crippen LogP contribution in [0.1, 0.15) is 27.2 Å². The second-order valence-corrected chi connectivity index (χ2v) is 6.35. The van der Waals surface area contributed by atoms with Crippen LogP contribution in [0.15, 0.2) is 24.3 Å². The van der Waals surface area contributed by atoms with Gasteiger partial charge in [0, 0.05) is 25.1 Å². The maximum Gasteiger partial charge on any atom is 0.410 e. The molecule has 0 radical (unpaired) electrons. The minimum Gasteiger partial charge on any atom is -0.493 e. The van der Waals surface area contributed by atoms with E-state index >= 15 is 0 Å². The van der Waals surface area contributed by atoms with Crippen molar-refractivity contribution in [2.45, 2.75) is 32.8 Å². The number of carbonyl (C=O) groups excluding carboxylic acids is 1. The largest absolute Gasteiger partial charge is 0.493 e. The van der Waals surface area contributed by atoms with Gasteiger partial charge in [-0.3, -0.25) is 0 Å². The molecule has 0 unspecified atom stereocenters. The molecule has 1 atom stereocenters. The number of carbonyl (C=O) groups is 1. The first-order valence-corrected chi connectivity index (χ1v) is 7.20. The summed E-state index contributed by atoms with van der Waals surface area (Å²) in [5.41, 5.74) is -0.479. The number of benzene rings is 1. The van der Waals surface area contributed by atoms with Crippen LogP contribution >= 0.6 is 0 Å². The molecule has 1 saturated heterocycles. The van der Waals surface area contributed by atoms with E-state index in [1.807, 2.05) is 20.8 Å². The predicted octanol–water partition coefficient (Wildman–Crippen LogP) is 3.46. The molecule has 0 saturated carbocycles. The van der Waals surface area contributed by atoms with Crippen molar-refractivity contribution in [2.75, 3.05) is 19.7 Å². The summed E-state index contributed by atoms with van der Waals surface area (Å²) in [7, 11) is 0. The van der Waals surface area contributed by atoms with Gasteiger partial charge in [0.05, 0.1) is 6.61 Å². The van der Waals surface area contributed by atoms with Gasteiger partial charge < -0.3 is 14.4 Å². The van der Waals surface area contributed by atoms with Crippen molar-refractivity contribution in [3.05, 3.63) is 30.1 Å². The molecule has 4 nitrogen and oxygen atoms in total. The quantitative estimate of drug-likeness (QED) is 0.857. The van der Waals surface area contributed by atoms with E-state index in [0.717, 1.165) is 6.42 Å². The maximum absolute atomic E-state index is 13.0. The Morgan fingerprint density at radius 2 is 2.19 bits per heavy atom. The normalized spacial score (nSPS) is 18.7. The zero-order chi connectivity index (χ0) is 15.5. The van der Waals surface area contributed by atoms with Gasteiger partial charge in [0.15, 0.2) is 0 Å². The van der Waals surface area contributed by atoms with Gasteiger partial charge >= 0.3 is 6.09 Å². The molecule has 0 bridgehead atoms. The first kappa shape index (κ1) is 15.6. The van der Waals surface area contributed by atoms with Crippen molar-refractivity contribution >= 4 is 6.09 Å². The molecule has 1 fully saturated rings. The minimum atomic E-state index is -0.479. The first-order valence-electron chi connectivity index (χ1n) is 7.20. The lowest BCUT2D eigenvalue weighted by atomic mass is 10.1. The Labute approximate surface area is 124 Å². The van der Waals surface area contributed by atoms with E-state index < -0.39 is 5.60 Å². The molecular weight excluding hydrogens is 273 g/mol. The van der Waals surface area contributed by atoms with Crippen LogP contribution in [0.3, 0.4) is 0 Å². The number of halogens is 1. The average Bonchev–Trinajstić information content (AvgIpc) is 2.83. The topological polar surface area (TPSA) is 38.8 Å². The van der Waals surface area contributed by atoms with Crippen LogP contribution in [0.5, 0.6) is 5.75 Å². The molecule has 1 aromatic carbocycles. The molecule has 1 aliphatic rings. The second kappa shape index (κ2) is 6.33. The summed E-state index contributed by atoms with van der Waals surface area (Å²) in [4.78, 5) is 13.6. The number of amides is 1. The van der Waals surface area contributed by atoms with Crippen molar-refractivity contribution in [3.63, 3.8) is 0 Å². The van der Waals surface area contributed by atoms with Crippen LogP contribution in [-0.2, 0) is 4.74 Å². The Morgan fingerprint density at radius 1 is 1.43 bits per heavy atom. The fourth-order valence-electron chi connectivity index (χ4n) is 2.23. The molecule has 0 aromatic heterocycles. The first-order chi connectivity index (χ1) is 9.83. The predicted molar refractivity (Wildman–Crippen MR) is 77.8 cm³/mol. The van der Waals surface area contributed by atoms with Crippen LogP contribution in [0.4, 0.5) is 9.18 Å². The molecular formula is C16H22FNO3. The number of rotatable bonds is 3. The highest BCUT2D eigenvalue weighted by molar-refractivity contribution is 5.68. The highest BCUT2D eigenvalue weighted by Crippen LogP contribution is 2.21. The summed E-state index contributed by atoms with van der Waals surface area (Å²) in [5.74, 6) is 0.459. The molecule has 0 spiro atoms. The van der Waals surface area contributed by atoms with E-state index in [-0.39, 0.29) is 17.8 Å². The number of likely N-dealkylation sites (tertiary alicyclic amines) is 1. The van der Waals surface area contributed by atoms with Gasteiger partial charge in [-0.05, 0) is 39.3 Å². The standard InChI is InChI=1S/C16H22FNO3/c1-16(2,3)21-15(19)18-8-7-12(10-18)11-20-14-6-4-5-13(17)9-14/h4-6,9,12H,7-8,10-11H2,1-3H3/t12-/m1/s1. The minimum absolute atomic E-state index is 0.251. The Kier molecular flexibility index (Phi) is 4.70. The fraction of sp³-hybridized carbons (Fsp3) is 0.562. The van der Waals surface area contributed by atoms with Crippen molar-refractivity contribution in [1.29, 1.82) is 0 Å². The van der Waals surface area contributed by atoms with Crippen LogP contribution in [0.2, 0.25) is 0 Å². The Hall–Kier alpha value is -1.78. The highest BCUT2D eigenvalue weighted by atomic mass is 19.1. The summed E-state index contributed by atoms with van der Waals surface area (Å²) >= 11 is 0. The second-order valence-electron chi connectivity index (χ2n) is 6.35. The van der Waals surface area contributed by atoms with Gasteiger partial charge in [-0.25, -0.2) is 9.18 Å². The van der Waals surface area contributed by atoms with Crippen molar-refractivity contribution in [3.8, 4) is 5.75 Å². The average molecular weight is 295 g/mol. The third kappa shape index (κ3) is 4.92. The molecule has 116 valence electrons. The Bertz CT molecular complexity index is 499. The van der Waals surface area contributed by atoms with Crippen LogP contribution in [0.25, 0.3) is 0 Å². The van der Waals surface area contributed by atoms with Gasteiger partial charge in [-0.2, -0.15) is 0 Å². The van der Waals surface area contributed by atoms with Gasteiger partial charge in [-0.1, -0.05) is 6.07 Å². The lowest BCUT2D eigenvalue weighted by Crippen LogP contribution is -2.35. The molecule has 2 rings (SSSR count).